The summed E-state index contributed by atoms with van der Waals surface area (Å²) >= 11 is 0. The van der Waals surface area contributed by atoms with Gasteiger partial charge in [0.25, 0.3) is 0 Å². The number of aliphatic imine (C=N–C) groups is 1. The molecule has 0 aliphatic carbocycles. The average molecular weight is 366 g/mol. The lowest BCUT2D eigenvalue weighted by molar-refractivity contribution is 1.41. The first kappa shape index (κ1) is 19.6. The smallest absolute Gasteiger partial charge is 0.0712 e. The van der Waals surface area contributed by atoms with Gasteiger partial charge in [-0.25, -0.2) is 4.99 Å². The molecule has 3 rings (SSSR count). The van der Waals surface area contributed by atoms with Crippen LogP contribution in [0, 0.1) is 20.8 Å². The molecular weight excluding hydrogens is 338 g/mol. The Bertz CT molecular complexity index is 1050. The molecule has 0 heterocycles. The largest absolute Gasteiger partial charge is 0.248 e. The van der Waals surface area contributed by atoms with E-state index >= 15 is 0 Å². The Morgan fingerprint density at radius 3 is 1.89 bits per heavy atom. The fraction of sp³-hybridized carbons (Fsp3) is 0.148. The van der Waals surface area contributed by atoms with Crippen molar-refractivity contribution < 1.29 is 0 Å². The maximum Gasteiger partial charge on any atom is 0.0712 e. The third-order valence-electron chi connectivity index (χ3n) is 4.78. The zero-order valence-electron chi connectivity index (χ0n) is 17.2. The summed E-state index contributed by atoms with van der Waals surface area (Å²) in [7, 11) is 0. The highest BCUT2D eigenvalue weighted by atomic mass is 14.8. The first-order valence-electron chi connectivity index (χ1n) is 9.59. The summed E-state index contributed by atoms with van der Waals surface area (Å²) in [5.74, 6) is 0. The molecule has 0 spiro atoms. The van der Waals surface area contributed by atoms with E-state index < -0.39 is 0 Å². The summed E-state index contributed by atoms with van der Waals surface area (Å²) in [6, 6.07) is 25.4. The zero-order chi connectivity index (χ0) is 20.1. The summed E-state index contributed by atoms with van der Waals surface area (Å²) in [6.07, 6.45) is 2.15. The maximum atomic E-state index is 4.92. The Kier molecular flexibility index (Phi) is 6.06. The summed E-state index contributed by atoms with van der Waals surface area (Å²) in [5, 5.41) is 0. The standard InChI is InChI=1S/C27H27N/c1-19-12-14-24(15-13-19)27(18-22(4)25-10-6-8-20(2)16-25)28-23(5)26-11-7-9-21(3)17-26/h6-18H,5H2,1-4H3/b22-18+,28-27?. The second kappa shape index (κ2) is 8.67. The predicted molar refractivity (Wildman–Crippen MR) is 123 cm³/mol. The molecule has 0 aliphatic heterocycles. The Labute approximate surface area is 168 Å². The lowest BCUT2D eigenvalue weighted by atomic mass is 10.0. The van der Waals surface area contributed by atoms with E-state index in [2.05, 4.69) is 107 Å². The minimum absolute atomic E-state index is 0.771. The molecule has 0 radical (unpaired) electrons. The van der Waals surface area contributed by atoms with Crippen molar-refractivity contribution in [2.24, 2.45) is 4.99 Å². The van der Waals surface area contributed by atoms with Crippen LogP contribution in [0.2, 0.25) is 0 Å². The highest BCUT2D eigenvalue weighted by Crippen LogP contribution is 2.21. The molecule has 0 bridgehead atoms. The van der Waals surface area contributed by atoms with Crippen molar-refractivity contribution >= 4 is 17.0 Å². The van der Waals surface area contributed by atoms with Crippen LogP contribution in [-0.2, 0) is 0 Å². The molecular formula is C27H27N. The number of nitrogens with zero attached hydrogens (tertiary/aromatic N) is 1. The molecule has 3 aromatic rings. The predicted octanol–water partition coefficient (Wildman–Crippen LogP) is 7.18. The van der Waals surface area contributed by atoms with Crippen molar-refractivity contribution in [1.82, 2.24) is 0 Å². The van der Waals surface area contributed by atoms with Gasteiger partial charge in [-0.3, -0.25) is 0 Å². The molecule has 0 amide bonds. The molecule has 0 fully saturated rings. The molecule has 28 heavy (non-hydrogen) atoms. The Morgan fingerprint density at radius 1 is 0.714 bits per heavy atom. The van der Waals surface area contributed by atoms with Gasteiger partial charge in [0.1, 0.15) is 0 Å². The summed E-state index contributed by atoms with van der Waals surface area (Å²) in [6.45, 7) is 12.7. The van der Waals surface area contributed by atoms with Crippen LogP contribution < -0.4 is 0 Å². The average Bonchev–Trinajstić information content (AvgIpc) is 2.68. The van der Waals surface area contributed by atoms with Crippen LogP contribution in [-0.4, -0.2) is 5.71 Å². The molecule has 1 nitrogen and oxygen atoms in total. The van der Waals surface area contributed by atoms with Crippen LogP contribution in [0.25, 0.3) is 11.3 Å². The number of hydrogen-bond donors (Lipinski definition) is 0. The molecule has 0 atom stereocenters. The van der Waals surface area contributed by atoms with Gasteiger partial charge in [0.2, 0.25) is 0 Å². The Balaban J connectivity index is 2.05. The van der Waals surface area contributed by atoms with E-state index in [1.807, 2.05) is 6.07 Å². The van der Waals surface area contributed by atoms with Gasteiger partial charge in [-0.15, -0.1) is 0 Å². The summed E-state index contributed by atoms with van der Waals surface area (Å²) in [5.41, 5.74) is 9.91. The van der Waals surface area contributed by atoms with Crippen LogP contribution in [0.5, 0.6) is 0 Å². The highest BCUT2D eigenvalue weighted by molar-refractivity contribution is 6.14. The van der Waals surface area contributed by atoms with Crippen LogP contribution in [0.4, 0.5) is 0 Å². The first-order chi connectivity index (χ1) is 13.4. The molecule has 0 saturated heterocycles. The SMILES string of the molecule is C=C(N=C(/C=C(\C)c1cccc(C)c1)c1ccc(C)cc1)c1cccc(C)c1. The van der Waals surface area contributed by atoms with E-state index in [0.29, 0.717) is 0 Å². The van der Waals surface area contributed by atoms with Gasteiger partial charge in [0.05, 0.1) is 11.4 Å². The Hall–Kier alpha value is -3.19. The fourth-order valence-corrected chi connectivity index (χ4v) is 3.12. The molecule has 140 valence electrons. The highest BCUT2D eigenvalue weighted by Gasteiger charge is 2.06. The Morgan fingerprint density at radius 2 is 1.29 bits per heavy atom. The van der Waals surface area contributed by atoms with Gasteiger partial charge in [0.15, 0.2) is 0 Å². The minimum Gasteiger partial charge on any atom is -0.248 e. The quantitative estimate of drug-likeness (QED) is 0.425. The van der Waals surface area contributed by atoms with Gasteiger partial charge in [-0.2, -0.15) is 0 Å². The molecule has 3 aromatic carbocycles. The first-order valence-corrected chi connectivity index (χ1v) is 9.59. The van der Waals surface area contributed by atoms with Crippen molar-refractivity contribution in [1.29, 1.82) is 0 Å². The number of hydrogen-bond acceptors (Lipinski definition) is 1. The second-order valence-corrected chi connectivity index (χ2v) is 7.38. The number of aryl methyl sites for hydroxylation is 3. The minimum atomic E-state index is 0.771. The van der Waals surface area contributed by atoms with Crippen molar-refractivity contribution in [3.05, 3.63) is 119 Å². The molecule has 0 N–H and O–H groups in total. The van der Waals surface area contributed by atoms with Crippen molar-refractivity contribution in [3.8, 4) is 0 Å². The topological polar surface area (TPSA) is 12.4 Å². The van der Waals surface area contributed by atoms with E-state index in [-0.39, 0.29) is 0 Å². The van der Waals surface area contributed by atoms with Gasteiger partial charge in [0, 0.05) is 5.56 Å². The number of benzene rings is 3. The molecule has 0 unspecified atom stereocenters. The van der Waals surface area contributed by atoms with E-state index in [0.717, 1.165) is 22.5 Å². The van der Waals surface area contributed by atoms with Crippen LogP contribution in [0.15, 0.2) is 90.4 Å². The fourth-order valence-electron chi connectivity index (χ4n) is 3.12. The van der Waals surface area contributed by atoms with Crippen molar-refractivity contribution in [2.75, 3.05) is 0 Å². The van der Waals surface area contributed by atoms with Crippen LogP contribution in [0.3, 0.4) is 0 Å². The normalized spacial score (nSPS) is 12.1. The monoisotopic (exact) mass is 365 g/mol. The van der Waals surface area contributed by atoms with Gasteiger partial charge in [-0.05, 0) is 56.5 Å². The summed E-state index contributed by atoms with van der Waals surface area (Å²) < 4.78 is 0. The molecule has 0 aliphatic rings. The molecule has 1 heteroatoms. The molecule has 0 aromatic heterocycles. The van der Waals surface area contributed by atoms with E-state index in [9.17, 15) is 0 Å². The van der Waals surface area contributed by atoms with E-state index in [1.54, 1.807) is 0 Å². The van der Waals surface area contributed by atoms with Gasteiger partial charge >= 0.3 is 0 Å². The summed E-state index contributed by atoms with van der Waals surface area (Å²) in [4.78, 5) is 4.92. The van der Waals surface area contributed by atoms with Crippen molar-refractivity contribution in [2.45, 2.75) is 27.7 Å². The zero-order valence-corrected chi connectivity index (χ0v) is 17.2. The lowest BCUT2D eigenvalue weighted by Crippen LogP contribution is -1.99. The maximum absolute atomic E-state index is 4.92. The van der Waals surface area contributed by atoms with Gasteiger partial charge < -0.3 is 0 Å². The van der Waals surface area contributed by atoms with Crippen LogP contribution >= 0.6 is 0 Å². The van der Waals surface area contributed by atoms with Crippen LogP contribution in [0.1, 0.15) is 40.3 Å². The third kappa shape index (κ3) is 4.95. The number of rotatable bonds is 5. The molecule has 0 saturated carbocycles. The van der Waals surface area contributed by atoms with Crippen molar-refractivity contribution in [3.63, 3.8) is 0 Å². The third-order valence-corrected chi connectivity index (χ3v) is 4.78. The number of allylic oxidation sites excluding steroid dienone is 2. The van der Waals surface area contributed by atoms with E-state index in [1.165, 1.54) is 27.8 Å². The lowest BCUT2D eigenvalue weighted by Gasteiger charge is -2.09. The van der Waals surface area contributed by atoms with E-state index in [4.69, 9.17) is 4.99 Å². The second-order valence-electron chi connectivity index (χ2n) is 7.38. The van der Waals surface area contributed by atoms with Gasteiger partial charge in [-0.1, -0.05) is 90.0 Å².